The lowest BCUT2D eigenvalue weighted by molar-refractivity contribution is 0.0143. The lowest BCUT2D eigenvalue weighted by Gasteiger charge is -2.19. The van der Waals surface area contributed by atoms with Crippen molar-refractivity contribution in [3.63, 3.8) is 0 Å². The second kappa shape index (κ2) is 5.79. The molecular weight excluding hydrogens is 211 g/mol. The molecule has 0 amide bonds. The average Bonchev–Trinajstić information content (AvgIpc) is 2.28. The Labute approximate surface area is 93.9 Å². The van der Waals surface area contributed by atoms with Crippen molar-refractivity contribution in [1.29, 1.82) is 0 Å². The third-order valence-electron chi connectivity index (χ3n) is 2.46. The second-order valence-electron chi connectivity index (χ2n) is 3.65. The highest BCUT2D eigenvalue weighted by atomic mass is 19.1. The van der Waals surface area contributed by atoms with Gasteiger partial charge in [-0.05, 0) is 26.1 Å². The molecule has 0 aromatic heterocycles. The molecule has 5 N–H and O–H groups in total. The molecule has 0 spiro atoms. The third-order valence-corrected chi connectivity index (χ3v) is 2.46. The summed E-state index contributed by atoms with van der Waals surface area (Å²) in [4.78, 5) is 0. The van der Waals surface area contributed by atoms with Crippen molar-refractivity contribution >= 4 is 5.69 Å². The maximum atomic E-state index is 13.1. The van der Waals surface area contributed by atoms with Crippen molar-refractivity contribution in [2.24, 2.45) is 0 Å². The minimum atomic E-state index is -1.16. The lowest BCUT2D eigenvalue weighted by atomic mass is 10.0. The van der Waals surface area contributed by atoms with Crippen LogP contribution in [0.3, 0.4) is 0 Å². The van der Waals surface area contributed by atoms with Crippen LogP contribution in [0, 0.1) is 5.82 Å². The van der Waals surface area contributed by atoms with Crippen molar-refractivity contribution in [3.05, 3.63) is 29.6 Å². The van der Waals surface area contributed by atoms with Crippen molar-refractivity contribution in [1.82, 2.24) is 5.32 Å². The summed E-state index contributed by atoms with van der Waals surface area (Å²) in [5, 5.41) is 22.3. The number of aliphatic hydroxyl groups excluding tert-OH is 2. The Morgan fingerprint density at radius 3 is 2.75 bits per heavy atom. The predicted molar refractivity (Wildman–Crippen MR) is 60.3 cm³/mol. The van der Waals surface area contributed by atoms with Crippen molar-refractivity contribution in [3.8, 4) is 0 Å². The average molecular weight is 228 g/mol. The van der Waals surface area contributed by atoms with E-state index in [0.717, 1.165) is 0 Å². The van der Waals surface area contributed by atoms with Crippen molar-refractivity contribution in [2.45, 2.75) is 18.6 Å². The largest absolute Gasteiger partial charge is 0.396 e. The number of para-hydroxylation sites is 1. The van der Waals surface area contributed by atoms with E-state index in [2.05, 4.69) is 5.32 Å². The normalized spacial score (nSPS) is 14.8. The number of hydrogen-bond acceptors (Lipinski definition) is 4. The van der Waals surface area contributed by atoms with Gasteiger partial charge in [0.15, 0.2) is 0 Å². The van der Waals surface area contributed by atoms with Gasteiger partial charge >= 0.3 is 0 Å². The Balaban J connectivity index is 2.79. The summed E-state index contributed by atoms with van der Waals surface area (Å²) < 4.78 is 13.1. The zero-order valence-corrected chi connectivity index (χ0v) is 9.15. The molecule has 1 aromatic carbocycles. The minimum absolute atomic E-state index is 0.112. The van der Waals surface area contributed by atoms with Gasteiger partial charge in [0.05, 0.1) is 11.8 Å². The van der Waals surface area contributed by atoms with Gasteiger partial charge in [-0.1, -0.05) is 12.1 Å². The summed E-state index contributed by atoms with van der Waals surface area (Å²) in [5.74, 6) is -0.586. The van der Waals surface area contributed by atoms with Crippen LogP contribution in [0.4, 0.5) is 10.1 Å². The predicted octanol–water partition coefficient (Wildman–Crippen LogP) is 0.412. The number of nitrogen functional groups attached to an aromatic ring is 1. The molecule has 5 heteroatoms. The molecule has 0 radical (unpaired) electrons. The molecule has 2 unspecified atom stereocenters. The molecule has 2 atom stereocenters. The van der Waals surface area contributed by atoms with E-state index in [1.165, 1.54) is 18.2 Å². The molecule has 0 saturated heterocycles. The number of hydrogen-bond donors (Lipinski definition) is 4. The van der Waals surface area contributed by atoms with E-state index in [1.54, 1.807) is 7.05 Å². The summed E-state index contributed by atoms with van der Waals surface area (Å²) in [6.07, 6.45) is -1.76. The zero-order valence-electron chi connectivity index (χ0n) is 9.15. The SMILES string of the molecule is CNCCC(O)C(O)c1cccc(F)c1N. The van der Waals surface area contributed by atoms with Gasteiger partial charge in [0.25, 0.3) is 0 Å². The van der Waals surface area contributed by atoms with Gasteiger partial charge in [0.1, 0.15) is 11.9 Å². The van der Waals surface area contributed by atoms with Crippen LogP contribution in [-0.4, -0.2) is 29.9 Å². The maximum Gasteiger partial charge on any atom is 0.146 e. The minimum Gasteiger partial charge on any atom is -0.396 e. The van der Waals surface area contributed by atoms with Gasteiger partial charge in [-0.25, -0.2) is 4.39 Å². The van der Waals surface area contributed by atoms with E-state index in [1.807, 2.05) is 0 Å². The van der Waals surface area contributed by atoms with E-state index in [4.69, 9.17) is 5.73 Å². The van der Waals surface area contributed by atoms with E-state index in [9.17, 15) is 14.6 Å². The summed E-state index contributed by atoms with van der Waals surface area (Å²) in [6.45, 7) is 0.563. The number of benzene rings is 1. The van der Waals surface area contributed by atoms with Crippen molar-refractivity contribution in [2.75, 3.05) is 19.3 Å². The number of halogens is 1. The van der Waals surface area contributed by atoms with Gasteiger partial charge in [-0.15, -0.1) is 0 Å². The van der Waals surface area contributed by atoms with Crippen LogP contribution in [0.15, 0.2) is 18.2 Å². The first-order valence-corrected chi connectivity index (χ1v) is 5.12. The maximum absolute atomic E-state index is 13.1. The van der Waals surface area contributed by atoms with Crippen LogP contribution in [0.25, 0.3) is 0 Å². The van der Waals surface area contributed by atoms with Gasteiger partial charge in [-0.2, -0.15) is 0 Å². The number of aliphatic hydroxyl groups is 2. The first-order valence-electron chi connectivity index (χ1n) is 5.12. The molecule has 0 saturated carbocycles. The third kappa shape index (κ3) is 2.91. The van der Waals surface area contributed by atoms with Crippen LogP contribution >= 0.6 is 0 Å². The number of nitrogens with two attached hydrogens (primary N) is 1. The lowest BCUT2D eigenvalue weighted by Crippen LogP contribution is -2.24. The highest BCUT2D eigenvalue weighted by Crippen LogP contribution is 2.26. The fourth-order valence-corrected chi connectivity index (χ4v) is 1.47. The first kappa shape index (κ1) is 12.9. The van der Waals surface area contributed by atoms with Crippen LogP contribution in [-0.2, 0) is 0 Å². The molecule has 0 aliphatic rings. The molecule has 1 aromatic rings. The topological polar surface area (TPSA) is 78.5 Å². The number of anilines is 1. The zero-order chi connectivity index (χ0) is 12.1. The van der Waals surface area contributed by atoms with Gasteiger partial charge < -0.3 is 21.3 Å². The summed E-state index contributed by atoms with van der Waals surface area (Å²) in [7, 11) is 1.75. The van der Waals surface area contributed by atoms with Crippen LogP contribution in [0.5, 0.6) is 0 Å². The molecule has 0 aliphatic heterocycles. The Hall–Kier alpha value is -1.17. The van der Waals surface area contributed by atoms with Crippen molar-refractivity contribution < 1.29 is 14.6 Å². The molecule has 0 fully saturated rings. The highest BCUT2D eigenvalue weighted by Gasteiger charge is 2.21. The number of nitrogens with one attached hydrogen (secondary N) is 1. The Kier molecular flexibility index (Phi) is 4.67. The Morgan fingerprint density at radius 2 is 2.12 bits per heavy atom. The molecule has 1 rings (SSSR count). The summed E-state index contributed by atoms with van der Waals surface area (Å²) >= 11 is 0. The Morgan fingerprint density at radius 1 is 1.44 bits per heavy atom. The van der Waals surface area contributed by atoms with Crippen LogP contribution in [0.1, 0.15) is 18.1 Å². The molecule has 16 heavy (non-hydrogen) atoms. The van der Waals surface area contributed by atoms with E-state index >= 15 is 0 Å². The standard InChI is InChI=1S/C11H17FN2O2/c1-14-6-5-9(15)11(16)7-3-2-4-8(12)10(7)13/h2-4,9,11,14-16H,5-6,13H2,1H3. The van der Waals surface area contributed by atoms with E-state index < -0.39 is 18.0 Å². The summed E-state index contributed by atoms with van der Waals surface area (Å²) in [6, 6.07) is 4.17. The van der Waals surface area contributed by atoms with Gasteiger partial charge in [-0.3, -0.25) is 0 Å². The molecule has 0 bridgehead atoms. The van der Waals surface area contributed by atoms with E-state index in [0.29, 0.717) is 13.0 Å². The molecule has 90 valence electrons. The number of rotatable bonds is 5. The fraction of sp³-hybridized carbons (Fsp3) is 0.455. The van der Waals surface area contributed by atoms with Crippen LogP contribution < -0.4 is 11.1 Å². The fourth-order valence-electron chi connectivity index (χ4n) is 1.47. The molecular formula is C11H17FN2O2. The summed E-state index contributed by atoms with van der Waals surface area (Å²) in [5.41, 5.74) is 5.60. The monoisotopic (exact) mass is 228 g/mol. The van der Waals surface area contributed by atoms with Gasteiger partial charge in [0.2, 0.25) is 0 Å². The van der Waals surface area contributed by atoms with Crippen LogP contribution in [0.2, 0.25) is 0 Å². The van der Waals surface area contributed by atoms with E-state index in [-0.39, 0.29) is 11.3 Å². The molecule has 0 heterocycles. The Bertz CT molecular complexity index is 347. The van der Waals surface area contributed by atoms with Gasteiger partial charge in [0, 0.05) is 5.56 Å². The smallest absolute Gasteiger partial charge is 0.146 e. The quantitative estimate of drug-likeness (QED) is 0.550. The molecule has 4 nitrogen and oxygen atoms in total. The molecule has 0 aliphatic carbocycles. The first-order chi connectivity index (χ1) is 7.57. The second-order valence-corrected chi connectivity index (χ2v) is 3.65. The highest BCUT2D eigenvalue weighted by molar-refractivity contribution is 5.49.